The highest BCUT2D eigenvalue weighted by atomic mass is 35.5. The molecule has 0 aliphatic carbocycles. The average Bonchev–Trinajstić information content (AvgIpc) is 2.91. The summed E-state index contributed by atoms with van der Waals surface area (Å²) < 4.78 is 0. The molecule has 0 bridgehead atoms. The molecule has 2 unspecified atom stereocenters. The van der Waals surface area contributed by atoms with Crippen molar-refractivity contribution in [2.24, 2.45) is 0 Å². The Morgan fingerprint density at radius 3 is 2.58 bits per heavy atom. The first-order chi connectivity index (χ1) is 9.16. The monoisotopic (exact) mass is 280 g/mol. The molecule has 0 saturated carbocycles. The van der Waals surface area contributed by atoms with Gasteiger partial charge in [-0.2, -0.15) is 0 Å². The fourth-order valence-electron chi connectivity index (χ4n) is 2.49. The van der Waals surface area contributed by atoms with Crippen molar-refractivity contribution >= 4 is 17.5 Å². The summed E-state index contributed by atoms with van der Waals surface area (Å²) >= 11 is 6.19. The van der Waals surface area contributed by atoms with Crippen molar-refractivity contribution in [1.29, 1.82) is 0 Å². The standard InChI is InChI=1S/C15H21ClN2O/c1-12(11-18-9-5-6-10-18)17-15(19)14(16)13-7-3-2-4-8-13/h2-4,7-8,12,14H,5-6,9-11H2,1H3,(H,17,19). The summed E-state index contributed by atoms with van der Waals surface area (Å²) in [5, 5.41) is 2.38. The van der Waals surface area contributed by atoms with E-state index in [9.17, 15) is 4.79 Å². The summed E-state index contributed by atoms with van der Waals surface area (Å²) in [4.78, 5) is 14.5. The third-order valence-corrected chi connectivity index (χ3v) is 3.89. The second kappa shape index (κ2) is 6.92. The summed E-state index contributed by atoms with van der Waals surface area (Å²) in [5.74, 6) is -0.112. The third-order valence-electron chi connectivity index (χ3n) is 3.44. The molecule has 1 fully saturated rings. The molecule has 1 amide bonds. The number of carbonyl (C=O) groups is 1. The largest absolute Gasteiger partial charge is 0.351 e. The molecule has 0 radical (unpaired) electrons. The van der Waals surface area contributed by atoms with Crippen molar-refractivity contribution < 1.29 is 4.79 Å². The molecule has 1 saturated heterocycles. The molecule has 1 aromatic rings. The minimum Gasteiger partial charge on any atom is -0.351 e. The van der Waals surface area contributed by atoms with Crippen LogP contribution in [0.4, 0.5) is 0 Å². The SMILES string of the molecule is CC(CN1CCCC1)NC(=O)C(Cl)c1ccccc1. The minimum absolute atomic E-state index is 0.112. The Labute approximate surface area is 119 Å². The van der Waals surface area contributed by atoms with E-state index in [1.165, 1.54) is 12.8 Å². The lowest BCUT2D eigenvalue weighted by Gasteiger charge is -2.22. The normalized spacial score (nSPS) is 19.1. The Hall–Kier alpha value is -1.06. The number of nitrogens with one attached hydrogen (secondary N) is 1. The van der Waals surface area contributed by atoms with Crippen LogP contribution in [0.2, 0.25) is 0 Å². The van der Waals surface area contributed by atoms with E-state index in [1.807, 2.05) is 37.3 Å². The van der Waals surface area contributed by atoms with Crippen LogP contribution in [-0.2, 0) is 4.79 Å². The summed E-state index contributed by atoms with van der Waals surface area (Å²) in [6, 6.07) is 9.60. The van der Waals surface area contributed by atoms with Crippen molar-refractivity contribution in [3.63, 3.8) is 0 Å². The average molecular weight is 281 g/mol. The van der Waals surface area contributed by atoms with Crippen molar-refractivity contribution in [3.8, 4) is 0 Å². The fraction of sp³-hybridized carbons (Fsp3) is 0.533. The van der Waals surface area contributed by atoms with Crippen molar-refractivity contribution in [2.45, 2.75) is 31.2 Å². The van der Waals surface area contributed by atoms with Gasteiger partial charge in [-0.05, 0) is 38.4 Å². The smallest absolute Gasteiger partial charge is 0.242 e. The maximum absolute atomic E-state index is 12.1. The molecule has 1 aliphatic heterocycles. The van der Waals surface area contributed by atoms with Crippen LogP contribution in [0.25, 0.3) is 0 Å². The molecule has 1 heterocycles. The van der Waals surface area contributed by atoms with Gasteiger partial charge in [0.05, 0.1) is 0 Å². The van der Waals surface area contributed by atoms with Crippen LogP contribution in [0.15, 0.2) is 30.3 Å². The van der Waals surface area contributed by atoms with Crippen molar-refractivity contribution in [1.82, 2.24) is 10.2 Å². The molecule has 1 N–H and O–H groups in total. The Morgan fingerprint density at radius 2 is 1.95 bits per heavy atom. The molecule has 1 aromatic carbocycles. The molecule has 3 nitrogen and oxygen atoms in total. The molecular formula is C15H21ClN2O. The predicted octanol–water partition coefficient (Wildman–Crippen LogP) is 2.57. The van der Waals surface area contributed by atoms with Gasteiger partial charge in [0, 0.05) is 12.6 Å². The van der Waals surface area contributed by atoms with E-state index < -0.39 is 5.38 Å². The molecule has 0 spiro atoms. The van der Waals surface area contributed by atoms with Crippen LogP contribution in [0, 0.1) is 0 Å². The van der Waals surface area contributed by atoms with E-state index in [4.69, 9.17) is 11.6 Å². The molecule has 0 aromatic heterocycles. The number of rotatable bonds is 5. The number of hydrogen-bond donors (Lipinski definition) is 1. The van der Waals surface area contributed by atoms with E-state index >= 15 is 0 Å². The lowest BCUT2D eigenvalue weighted by Crippen LogP contribution is -2.42. The number of amides is 1. The summed E-state index contributed by atoms with van der Waals surface area (Å²) in [6.07, 6.45) is 2.53. The molecule has 4 heteroatoms. The first kappa shape index (κ1) is 14.4. The third kappa shape index (κ3) is 4.22. The summed E-state index contributed by atoms with van der Waals surface area (Å²) in [6.45, 7) is 5.22. The second-order valence-corrected chi connectivity index (χ2v) is 5.63. The zero-order valence-electron chi connectivity index (χ0n) is 11.3. The van der Waals surface area contributed by atoms with Gasteiger partial charge in [-0.1, -0.05) is 30.3 Å². The van der Waals surface area contributed by atoms with Crippen molar-refractivity contribution in [2.75, 3.05) is 19.6 Å². The maximum atomic E-state index is 12.1. The molecule has 104 valence electrons. The van der Waals surface area contributed by atoms with Gasteiger partial charge in [0.1, 0.15) is 5.38 Å². The quantitative estimate of drug-likeness (QED) is 0.841. The lowest BCUT2D eigenvalue weighted by atomic mass is 10.1. The number of alkyl halides is 1. The van der Waals surface area contributed by atoms with Crippen LogP contribution < -0.4 is 5.32 Å². The Balaban J connectivity index is 1.82. The number of benzene rings is 1. The highest BCUT2D eigenvalue weighted by Crippen LogP contribution is 2.20. The topological polar surface area (TPSA) is 32.3 Å². The lowest BCUT2D eigenvalue weighted by molar-refractivity contribution is -0.121. The molecule has 1 aliphatic rings. The zero-order valence-corrected chi connectivity index (χ0v) is 12.1. The highest BCUT2D eigenvalue weighted by Gasteiger charge is 2.21. The molecule has 2 atom stereocenters. The van der Waals surface area contributed by atoms with Crippen LogP contribution in [-0.4, -0.2) is 36.5 Å². The first-order valence-electron chi connectivity index (χ1n) is 6.88. The van der Waals surface area contributed by atoms with Gasteiger partial charge in [-0.15, -0.1) is 11.6 Å². The van der Waals surface area contributed by atoms with Gasteiger partial charge in [-0.25, -0.2) is 0 Å². The number of hydrogen-bond acceptors (Lipinski definition) is 2. The van der Waals surface area contributed by atoms with Crippen LogP contribution >= 0.6 is 11.6 Å². The maximum Gasteiger partial charge on any atom is 0.242 e. The molecule has 2 rings (SSSR count). The van der Waals surface area contributed by atoms with E-state index in [0.717, 1.165) is 25.2 Å². The first-order valence-corrected chi connectivity index (χ1v) is 7.32. The van der Waals surface area contributed by atoms with Crippen LogP contribution in [0.1, 0.15) is 30.7 Å². The summed E-state index contributed by atoms with van der Waals surface area (Å²) in [7, 11) is 0. The van der Waals surface area contributed by atoms with Gasteiger partial charge in [-0.3, -0.25) is 4.79 Å². The number of nitrogens with zero attached hydrogens (tertiary/aromatic N) is 1. The highest BCUT2D eigenvalue weighted by molar-refractivity contribution is 6.30. The Morgan fingerprint density at radius 1 is 1.32 bits per heavy atom. The van der Waals surface area contributed by atoms with Gasteiger partial charge in [0.25, 0.3) is 0 Å². The zero-order chi connectivity index (χ0) is 13.7. The van der Waals surface area contributed by atoms with E-state index in [1.54, 1.807) is 0 Å². The van der Waals surface area contributed by atoms with E-state index in [0.29, 0.717) is 0 Å². The number of likely N-dealkylation sites (tertiary alicyclic amines) is 1. The Bertz CT molecular complexity index is 404. The van der Waals surface area contributed by atoms with E-state index in [-0.39, 0.29) is 11.9 Å². The minimum atomic E-state index is -0.609. The van der Waals surface area contributed by atoms with Crippen molar-refractivity contribution in [3.05, 3.63) is 35.9 Å². The second-order valence-electron chi connectivity index (χ2n) is 5.19. The van der Waals surface area contributed by atoms with Gasteiger partial charge in [0.2, 0.25) is 5.91 Å². The Kier molecular flexibility index (Phi) is 5.23. The molecular weight excluding hydrogens is 260 g/mol. The molecule has 19 heavy (non-hydrogen) atoms. The number of halogens is 1. The van der Waals surface area contributed by atoms with E-state index in [2.05, 4.69) is 10.2 Å². The van der Waals surface area contributed by atoms with Crippen LogP contribution in [0.3, 0.4) is 0 Å². The van der Waals surface area contributed by atoms with Gasteiger partial charge >= 0.3 is 0 Å². The summed E-state index contributed by atoms with van der Waals surface area (Å²) in [5.41, 5.74) is 0.843. The van der Waals surface area contributed by atoms with Gasteiger partial charge < -0.3 is 10.2 Å². The fourth-order valence-corrected chi connectivity index (χ4v) is 2.70. The predicted molar refractivity (Wildman–Crippen MR) is 78.3 cm³/mol. The number of carbonyl (C=O) groups excluding carboxylic acids is 1. The van der Waals surface area contributed by atoms with Crippen LogP contribution in [0.5, 0.6) is 0 Å². The van der Waals surface area contributed by atoms with Gasteiger partial charge in [0.15, 0.2) is 0 Å².